The van der Waals surface area contributed by atoms with E-state index in [4.69, 9.17) is 10.00 Å². The van der Waals surface area contributed by atoms with Gasteiger partial charge < -0.3 is 4.74 Å². The molecule has 0 saturated heterocycles. The molecule has 0 aliphatic rings. The van der Waals surface area contributed by atoms with Crippen LogP contribution in [0.2, 0.25) is 0 Å². The van der Waals surface area contributed by atoms with E-state index in [1.54, 1.807) is 24.3 Å². The zero-order chi connectivity index (χ0) is 10.7. The number of aromatic amines is 1. The summed E-state index contributed by atoms with van der Waals surface area (Å²) in [6, 6.07) is 10.9. The van der Waals surface area contributed by atoms with Crippen LogP contribution in [0.4, 0.5) is 0 Å². The van der Waals surface area contributed by atoms with Crippen LogP contribution >= 0.6 is 0 Å². The monoisotopic (exact) mass is 199 g/mol. The molecule has 1 heterocycles. The summed E-state index contributed by atoms with van der Waals surface area (Å²) < 4.78 is 5.46. The van der Waals surface area contributed by atoms with Gasteiger partial charge in [0.2, 0.25) is 5.88 Å². The van der Waals surface area contributed by atoms with Gasteiger partial charge in [-0.15, -0.1) is 5.10 Å². The quantitative estimate of drug-likeness (QED) is 0.807. The van der Waals surface area contributed by atoms with Crippen LogP contribution in [0.1, 0.15) is 11.3 Å². The number of nitrogens with zero attached hydrogens (tertiary/aromatic N) is 2. The number of aryl methyl sites for hydroxylation is 1. The number of para-hydroxylation sites is 1. The first-order chi connectivity index (χ1) is 7.29. The lowest BCUT2D eigenvalue weighted by Crippen LogP contribution is -1.87. The molecule has 0 atom stereocenters. The lowest BCUT2D eigenvalue weighted by molar-refractivity contribution is 0.460. The van der Waals surface area contributed by atoms with Gasteiger partial charge in [-0.2, -0.15) is 5.26 Å². The van der Waals surface area contributed by atoms with Crippen LogP contribution in [0.3, 0.4) is 0 Å². The lowest BCUT2D eigenvalue weighted by Gasteiger charge is -2.02. The molecule has 0 fully saturated rings. The van der Waals surface area contributed by atoms with Crippen molar-refractivity contribution in [3.63, 3.8) is 0 Å². The second-order valence-electron chi connectivity index (χ2n) is 3.10. The van der Waals surface area contributed by atoms with Gasteiger partial charge in [0.25, 0.3) is 0 Å². The molecular formula is C11H9N3O. The maximum atomic E-state index is 8.84. The summed E-state index contributed by atoms with van der Waals surface area (Å²) in [7, 11) is 0. The van der Waals surface area contributed by atoms with Gasteiger partial charge in [-0.25, -0.2) is 0 Å². The largest absolute Gasteiger partial charge is 0.436 e. The highest BCUT2D eigenvalue weighted by Gasteiger charge is 2.05. The van der Waals surface area contributed by atoms with E-state index in [0.29, 0.717) is 17.2 Å². The second kappa shape index (κ2) is 3.84. The first kappa shape index (κ1) is 9.28. The third kappa shape index (κ3) is 1.97. The van der Waals surface area contributed by atoms with Gasteiger partial charge >= 0.3 is 0 Å². The van der Waals surface area contributed by atoms with Gasteiger partial charge in [0.1, 0.15) is 11.8 Å². The first-order valence-corrected chi connectivity index (χ1v) is 4.48. The van der Waals surface area contributed by atoms with Crippen molar-refractivity contribution >= 4 is 0 Å². The number of aromatic nitrogens is 2. The number of hydrogen-bond donors (Lipinski definition) is 1. The van der Waals surface area contributed by atoms with Crippen molar-refractivity contribution in [1.29, 1.82) is 5.26 Å². The highest BCUT2D eigenvalue weighted by Crippen LogP contribution is 2.23. The lowest BCUT2D eigenvalue weighted by atomic mass is 10.2. The molecule has 0 spiro atoms. The van der Waals surface area contributed by atoms with E-state index >= 15 is 0 Å². The molecule has 0 amide bonds. The Morgan fingerprint density at radius 1 is 1.40 bits per heavy atom. The van der Waals surface area contributed by atoms with Crippen molar-refractivity contribution in [2.75, 3.05) is 0 Å². The Kier molecular flexibility index (Phi) is 2.38. The molecule has 1 aromatic heterocycles. The highest BCUT2D eigenvalue weighted by molar-refractivity contribution is 5.44. The molecule has 2 rings (SSSR count). The predicted octanol–water partition coefficient (Wildman–Crippen LogP) is 2.38. The van der Waals surface area contributed by atoms with Gasteiger partial charge in [0.15, 0.2) is 0 Å². The maximum absolute atomic E-state index is 8.84. The smallest absolute Gasteiger partial charge is 0.238 e. The number of benzene rings is 1. The zero-order valence-corrected chi connectivity index (χ0v) is 8.19. The summed E-state index contributed by atoms with van der Waals surface area (Å²) in [5, 5.41) is 15.5. The Morgan fingerprint density at radius 2 is 2.20 bits per heavy atom. The van der Waals surface area contributed by atoms with Crippen LogP contribution in [0, 0.1) is 18.3 Å². The normalized spacial score (nSPS) is 9.60. The number of nitrogens with one attached hydrogen (secondary N) is 1. The van der Waals surface area contributed by atoms with Gasteiger partial charge in [0.05, 0.1) is 5.56 Å². The SMILES string of the molecule is Cc1cc(Oc2ccccc2C#N)n[nH]1. The Labute approximate surface area is 87.1 Å². The molecule has 0 aliphatic carbocycles. The van der Waals surface area contributed by atoms with Crippen LogP contribution in [0.15, 0.2) is 30.3 Å². The fourth-order valence-corrected chi connectivity index (χ4v) is 1.21. The van der Waals surface area contributed by atoms with Crippen molar-refractivity contribution in [2.45, 2.75) is 6.92 Å². The van der Waals surface area contributed by atoms with E-state index in [2.05, 4.69) is 16.3 Å². The number of hydrogen-bond acceptors (Lipinski definition) is 3. The van der Waals surface area contributed by atoms with Crippen molar-refractivity contribution in [2.24, 2.45) is 0 Å². The minimum absolute atomic E-state index is 0.468. The average Bonchev–Trinajstić information content (AvgIpc) is 2.65. The van der Waals surface area contributed by atoms with Crippen LogP contribution in [-0.4, -0.2) is 10.2 Å². The average molecular weight is 199 g/mol. The molecule has 2 aromatic rings. The summed E-state index contributed by atoms with van der Waals surface area (Å²) in [6.07, 6.45) is 0. The Balaban J connectivity index is 2.28. The fraction of sp³-hybridized carbons (Fsp3) is 0.0909. The van der Waals surface area contributed by atoms with Gasteiger partial charge in [-0.3, -0.25) is 5.10 Å². The van der Waals surface area contributed by atoms with Crippen LogP contribution in [0.5, 0.6) is 11.6 Å². The summed E-state index contributed by atoms with van der Waals surface area (Å²) in [5.41, 5.74) is 1.41. The van der Waals surface area contributed by atoms with Gasteiger partial charge in [0, 0.05) is 11.8 Å². The third-order valence-corrected chi connectivity index (χ3v) is 1.90. The number of H-pyrrole nitrogens is 1. The molecule has 0 saturated carbocycles. The van der Waals surface area contributed by atoms with Crippen molar-refractivity contribution in [3.05, 3.63) is 41.6 Å². The number of nitriles is 1. The summed E-state index contributed by atoms with van der Waals surface area (Å²) >= 11 is 0. The zero-order valence-electron chi connectivity index (χ0n) is 8.19. The molecule has 1 aromatic carbocycles. The van der Waals surface area contributed by atoms with Gasteiger partial charge in [-0.1, -0.05) is 12.1 Å². The van der Waals surface area contributed by atoms with E-state index < -0.39 is 0 Å². The minimum atomic E-state index is 0.468. The van der Waals surface area contributed by atoms with E-state index in [0.717, 1.165) is 5.69 Å². The summed E-state index contributed by atoms with van der Waals surface area (Å²) in [4.78, 5) is 0. The van der Waals surface area contributed by atoms with Crippen molar-refractivity contribution in [1.82, 2.24) is 10.2 Å². The Morgan fingerprint density at radius 3 is 2.87 bits per heavy atom. The van der Waals surface area contributed by atoms with Crippen LogP contribution in [0.25, 0.3) is 0 Å². The van der Waals surface area contributed by atoms with E-state index in [1.165, 1.54) is 0 Å². The molecule has 0 unspecified atom stereocenters. The standard InChI is InChI=1S/C11H9N3O/c1-8-6-11(14-13-8)15-10-5-3-2-4-9(10)7-12/h2-6H,1H3,(H,13,14). The highest BCUT2D eigenvalue weighted by atomic mass is 16.5. The third-order valence-electron chi connectivity index (χ3n) is 1.90. The van der Waals surface area contributed by atoms with Crippen LogP contribution < -0.4 is 4.74 Å². The van der Waals surface area contributed by atoms with Crippen molar-refractivity contribution in [3.8, 4) is 17.7 Å². The van der Waals surface area contributed by atoms with E-state index in [-0.39, 0.29) is 0 Å². The van der Waals surface area contributed by atoms with Crippen LogP contribution in [-0.2, 0) is 0 Å². The minimum Gasteiger partial charge on any atom is -0.436 e. The molecule has 0 radical (unpaired) electrons. The topological polar surface area (TPSA) is 61.7 Å². The molecule has 4 nitrogen and oxygen atoms in total. The number of rotatable bonds is 2. The van der Waals surface area contributed by atoms with E-state index in [9.17, 15) is 0 Å². The van der Waals surface area contributed by atoms with Gasteiger partial charge in [-0.05, 0) is 19.1 Å². The Bertz CT molecular complexity index is 511. The summed E-state index contributed by atoms with van der Waals surface area (Å²) in [6.45, 7) is 1.88. The Hall–Kier alpha value is -2.28. The van der Waals surface area contributed by atoms with E-state index in [1.807, 2.05) is 13.0 Å². The fourth-order valence-electron chi connectivity index (χ4n) is 1.21. The molecule has 0 aliphatic heterocycles. The molecule has 74 valence electrons. The molecule has 0 bridgehead atoms. The first-order valence-electron chi connectivity index (χ1n) is 4.48. The second-order valence-corrected chi connectivity index (χ2v) is 3.10. The predicted molar refractivity (Wildman–Crippen MR) is 54.6 cm³/mol. The van der Waals surface area contributed by atoms with Crippen molar-refractivity contribution < 1.29 is 4.74 Å². The maximum Gasteiger partial charge on any atom is 0.238 e. The molecule has 1 N–H and O–H groups in total. The number of ether oxygens (including phenoxy) is 1. The summed E-state index contributed by atoms with van der Waals surface area (Å²) in [5.74, 6) is 0.988. The molecular weight excluding hydrogens is 190 g/mol. The molecule has 15 heavy (non-hydrogen) atoms. The molecule has 4 heteroatoms.